The average molecular weight is 450 g/mol. The summed E-state index contributed by atoms with van der Waals surface area (Å²) in [5.74, 6) is 1.32. The molecule has 0 saturated carbocycles. The van der Waals surface area contributed by atoms with Gasteiger partial charge in [0, 0.05) is 38.5 Å². The molecule has 1 amide bonds. The number of hydrogen-bond acceptors (Lipinski definition) is 6. The minimum atomic E-state index is -0.168. The molecule has 1 N–H and O–H groups in total. The minimum Gasteiger partial charge on any atom is -0.492 e. The summed E-state index contributed by atoms with van der Waals surface area (Å²) in [5, 5.41) is 7.30. The van der Waals surface area contributed by atoms with Gasteiger partial charge in [-0.25, -0.2) is 9.67 Å². The van der Waals surface area contributed by atoms with Gasteiger partial charge in [-0.1, -0.05) is 18.2 Å². The Kier molecular flexibility index (Phi) is 7.70. The molecule has 33 heavy (non-hydrogen) atoms. The lowest BCUT2D eigenvalue weighted by molar-refractivity contribution is 0.0392. The van der Waals surface area contributed by atoms with Gasteiger partial charge in [-0.05, 0) is 56.6 Å². The predicted molar refractivity (Wildman–Crippen MR) is 126 cm³/mol. The van der Waals surface area contributed by atoms with Gasteiger partial charge >= 0.3 is 0 Å². The van der Waals surface area contributed by atoms with E-state index >= 15 is 0 Å². The zero-order valence-corrected chi connectivity index (χ0v) is 19.2. The lowest BCUT2D eigenvalue weighted by atomic mass is 10.1. The molecule has 2 aromatic heterocycles. The number of nitrogens with one attached hydrogen (secondary N) is 1. The molecule has 0 radical (unpaired) electrons. The summed E-state index contributed by atoms with van der Waals surface area (Å²) >= 11 is 0. The maximum atomic E-state index is 12.7. The van der Waals surface area contributed by atoms with Crippen LogP contribution in [-0.2, 0) is 11.3 Å². The first-order valence-electron chi connectivity index (χ1n) is 11.4. The fourth-order valence-corrected chi connectivity index (χ4v) is 3.98. The van der Waals surface area contributed by atoms with Crippen molar-refractivity contribution in [2.24, 2.45) is 0 Å². The number of likely N-dealkylation sites (N-methyl/N-ethyl adjacent to an activating group) is 1. The van der Waals surface area contributed by atoms with E-state index in [2.05, 4.69) is 27.3 Å². The standard InChI is InChI=1S/C25H31N5O3/c1-19-23(18-28-30(19)24-8-3-4-11-26-24)25(31)27-17-20-6-5-7-22(16-20)33-15-12-29(2)21-9-13-32-14-10-21/h3-8,11,16,18,21H,9-10,12-15,17H2,1-2H3,(H,27,31). The highest BCUT2D eigenvalue weighted by Gasteiger charge is 2.18. The zero-order chi connectivity index (χ0) is 23.0. The molecule has 0 atom stereocenters. The van der Waals surface area contributed by atoms with Crippen LogP contribution < -0.4 is 10.1 Å². The van der Waals surface area contributed by atoms with Gasteiger partial charge in [0.15, 0.2) is 5.82 Å². The molecule has 1 fully saturated rings. The summed E-state index contributed by atoms with van der Waals surface area (Å²) in [6, 6.07) is 14.0. The van der Waals surface area contributed by atoms with Crippen molar-refractivity contribution in [1.82, 2.24) is 25.0 Å². The van der Waals surface area contributed by atoms with Gasteiger partial charge in [0.2, 0.25) is 0 Å². The number of hydrogen-bond donors (Lipinski definition) is 1. The molecule has 3 heterocycles. The Morgan fingerprint density at radius 2 is 2.09 bits per heavy atom. The van der Waals surface area contributed by atoms with Crippen molar-refractivity contribution in [1.29, 1.82) is 0 Å². The highest BCUT2D eigenvalue weighted by molar-refractivity contribution is 5.95. The van der Waals surface area contributed by atoms with E-state index in [1.807, 2.05) is 49.4 Å². The zero-order valence-electron chi connectivity index (χ0n) is 19.2. The number of carbonyl (C=O) groups excluding carboxylic acids is 1. The van der Waals surface area contributed by atoms with Crippen LogP contribution in [0.25, 0.3) is 5.82 Å². The van der Waals surface area contributed by atoms with E-state index in [1.54, 1.807) is 17.1 Å². The maximum Gasteiger partial charge on any atom is 0.255 e. The van der Waals surface area contributed by atoms with E-state index in [1.165, 1.54) is 0 Å². The van der Waals surface area contributed by atoms with Gasteiger partial charge in [0.1, 0.15) is 12.4 Å². The van der Waals surface area contributed by atoms with Gasteiger partial charge in [0.25, 0.3) is 5.91 Å². The molecule has 1 aliphatic heterocycles. The summed E-state index contributed by atoms with van der Waals surface area (Å²) in [6.45, 7) is 5.44. The number of nitrogens with zero attached hydrogens (tertiary/aromatic N) is 4. The molecular weight excluding hydrogens is 418 g/mol. The van der Waals surface area contributed by atoms with Crippen molar-refractivity contribution in [2.45, 2.75) is 32.4 Å². The number of aromatic nitrogens is 3. The first-order chi connectivity index (χ1) is 16.1. The molecule has 1 aliphatic rings. The summed E-state index contributed by atoms with van der Waals surface area (Å²) in [6.07, 6.45) is 5.43. The van der Waals surface area contributed by atoms with E-state index < -0.39 is 0 Å². The van der Waals surface area contributed by atoms with Crippen LogP contribution >= 0.6 is 0 Å². The van der Waals surface area contributed by atoms with E-state index in [9.17, 15) is 4.79 Å². The van der Waals surface area contributed by atoms with Crippen LogP contribution in [0.5, 0.6) is 5.75 Å². The molecule has 1 saturated heterocycles. The van der Waals surface area contributed by atoms with Gasteiger partial charge in [-0.2, -0.15) is 5.10 Å². The van der Waals surface area contributed by atoms with Crippen LogP contribution in [0.3, 0.4) is 0 Å². The Balaban J connectivity index is 1.28. The largest absolute Gasteiger partial charge is 0.492 e. The first-order valence-corrected chi connectivity index (χ1v) is 11.4. The Hall–Kier alpha value is -3.23. The number of pyridine rings is 1. The van der Waals surface area contributed by atoms with Crippen LogP contribution in [-0.4, -0.2) is 65.0 Å². The Morgan fingerprint density at radius 1 is 1.24 bits per heavy atom. The van der Waals surface area contributed by atoms with Gasteiger partial charge in [-0.3, -0.25) is 9.69 Å². The van der Waals surface area contributed by atoms with E-state index in [4.69, 9.17) is 9.47 Å². The molecule has 8 nitrogen and oxygen atoms in total. The normalized spacial score (nSPS) is 14.4. The summed E-state index contributed by atoms with van der Waals surface area (Å²) in [7, 11) is 2.14. The molecule has 0 bridgehead atoms. The Bertz CT molecular complexity index is 1050. The molecule has 4 rings (SSSR count). The minimum absolute atomic E-state index is 0.168. The smallest absolute Gasteiger partial charge is 0.255 e. The third-order valence-electron chi connectivity index (χ3n) is 6.00. The highest BCUT2D eigenvalue weighted by atomic mass is 16.5. The second-order valence-electron chi connectivity index (χ2n) is 8.25. The summed E-state index contributed by atoms with van der Waals surface area (Å²) < 4.78 is 13.1. The average Bonchev–Trinajstić information content (AvgIpc) is 3.25. The molecule has 0 unspecified atom stereocenters. The lowest BCUT2D eigenvalue weighted by Gasteiger charge is -2.31. The van der Waals surface area contributed by atoms with Gasteiger partial charge in [-0.15, -0.1) is 0 Å². The molecule has 8 heteroatoms. The molecular formula is C25H31N5O3. The topological polar surface area (TPSA) is 81.5 Å². The highest BCUT2D eigenvalue weighted by Crippen LogP contribution is 2.16. The lowest BCUT2D eigenvalue weighted by Crippen LogP contribution is -2.38. The Labute approximate surface area is 194 Å². The van der Waals surface area contributed by atoms with Crippen LogP contribution in [0.1, 0.15) is 34.5 Å². The van der Waals surface area contributed by atoms with Crippen molar-refractivity contribution < 1.29 is 14.3 Å². The van der Waals surface area contributed by atoms with E-state index in [0.29, 0.717) is 30.6 Å². The third-order valence-corrected chi connectivity index (χ3v) is 6.00. The van der Waals surface area contributed by atoms with Crippen LogP contribution in [0.2, 0.25) is 0 Å². The fourth-order valence-electron chi connectivity index (χ4n) is 3.98. The molecule has 174 valence electrons. The fraction of sp³-hybridized carbons (Fsp3) is 0.400. The number of amides is 1. The van der Waals surface area contributed by atoms with Crippen molar-refractivity contribution in [3.63, 3.8) is 0 Å². The van der Waals surface area contributed by atoms with Crippen LogP contribution in [0, 0.1) is 6.92 Å². The second kappa shape index (κ2) is 11.1. The van der Waals surface area contributed by atoms with Crippen molar-refractivity contribution >= 4 is 5.91 Å². The van der Waals surface area contributed by atoms with E-state index in [-0.39, 0.29) is 5.91 Å². The number of ether oxygens (including phenoxy) is 2. The third kappa shape index (κ3) is 5.97. The predicted octanol–water partition coefficient (Wildman–Crippen LogP) is 3.00. The van der Waals surface area contributed by atoms with Crippen LogP contribution in [0.4, 0.5) is 0 Å². The molecule has 0 spiro atoms. The molecule has 1 aromatic carbocycles. The number of benzene rings is 1. The van der Waals surface area contributed by atoms with Crippen molar-refractivity contribution in [3.8, 4) is 11.6 Å². The molecule has 0 aliphatic carbocycles. The molecule has 3 aromatic rings. The first kappa shape index (κ1) is 22.9. The monoisotopic (exact) mass is 449 g/mol. The van der Waals surface area contributed by atoms with Crippen molar-refractivity contribution in [3.05, 3.63) is 71.7 Å². The van der Waals surface area contributed by atoms with Crippen LogP contribution in [0.15, 0.2) is 54.9 Å². The Morgan fingerprint density at radius 3 is 2.88 bits per heavy atom. The van der Waals surface area contributed by atoms with Gasteiger partial charge < -0.3 is 14.8 Å². The van der Waals surface area contributed by atoms with Gasteiger partial charge in [0.05, 0.1) is 17.5 Å². The second-order valence-corrected chi connectivity index (χ2v) is 8.25. The number of carbonyl (C=O) groups is 1. The summed E-state index contributed by atoms with van der Waals surface area (Å²) in [5.41, 5.74) is 2.26. The van der Waals surface area contributed by atoms with E-state index in [0.717, 1.165) is 49.6 Å². The van der Waals surface area contributed by atoms with Crippen molar-refractivity contribution in [2.75, 3.05) is 33.4 Å². The SMILES string of the molecule is Cc1c(C(=O)NCc2cccc(OCCN(C)C3CCOCC3)c2)cnn1-c1ccccn1. The summed E-state index contributed by atoms with van der Waals surface area (Å²) in [4.78, 5) is 19.4. The maximum absolute atomic E-state index is 12.7. The quantitative estimate of drug-likeness (QED) is 0.541. The number of rotatable bonds is 9.